The molecule has 0 aliphatic rings. The monoisotopic (exact) mass is 535 g/mol. The van der Waals surface area contributed by atoms with E-state index in [0.717, 1.165) is 0 Å². The van der Waals surface area contributed by atoms with Crippen molar-refractivity contribution in [2.45, 2.75) is 130 Å². The molecule has 0 unspecified atom stereocenters. The molecule has 0 saturated heterocycles. The topological polar surface area (TPSA) is 18.5 Å². The van der Waals surface area contributed by atoms with Gasteiger partial charge in [-0.05, 0) is 74.2 Å². The van der Waals surface area contributed by atoms with E-state index >= 15 is 0 Å². The molecule has 0 heterocycles. The van der Waals surface area contributed by atoms with E-state index in [1.54, 1.807) is 0 Å². The van der Waals surface area contributed by atoms with Crippen LogP contribution >= 0.6 is 0 Å². The summed E-state index contributed by atoms with van der Waals surface area (Å²) in [5.74, 6) is 0. The number of anilines is 4. The van der Waals surface area contributed by atoms with Crippen LogP contribution in [0.1, 0.15) is 130 Å². The van der Waals surface area contributed by atoms with Gasteiger partial charge in [-0.2, -0.15) is 0 Å². The average molecular weight is 536 g/mol. The van der Waals surface area contributed by atoms with Crippen molar-refractivity contribution in [3.8, 4) is 0 Å². The standard InChI is InChI=1S/C36H61N3/c1-5-9-13-17-29-38(30-18-14-10-6-2)35-25-21-33(22-26-35)37-34-23-27-36(28-24-34)39(31-19-15-11-7-3)32-20-16-12-8-4/h21-28,37H,5-20,29-32H2,1-4H3. The number of rotatable bonds is 24. The van der Waals surface area contributed by atoms with Crippen LogP contribution in [0.2, 0.25) is 0 Å². The first-order chi connectivity index (χ1) is 19.2. The Balaban J connectivity index is 1.97. The van der Waals surface area contributed by atoms with Crippen molar-refractivity contribution in [3.63, 3.8) is 0 Å². The zero-order valence-corrected chi connectivity index (χ0v) is 26.2. The van der Waals surface area contributed by atoms with Crippen molar-refractivity contribution >= 4 is 22.7 Å². The lowest BCUT2D eigenvalue weighted by atomic mass is 10.1. The van der Waals surface area contributed by atoms with Crippen LogP contribution in [0, 0.1) is 0 Å². The molecule has 1 N–H and O–H groups in total. The summed E-state index contributed by atoms with van der Waals surface area (Å²) >= 11 is 0. The molecule has 3 heteroatoms. The lowest BCUT2D eigenvalue weighted by Crippen LogP contribution is -2.25. The Morgan fingerprint density at radius 1 is 0.385 bits per heavy atom. The smallest absolute Gasteiger partial charge is 0.0385 e. The Labute approximate surface area is 242 Å². The fourth-order valence-electron chi connectivity index (χ4n) is 5.34. The van der Waals surface area contributed by atoms with E-state index in [2.05, 4.69) is 91.3 Å². The second kappa shape index (κ2) is 21.6. The third kappa shape index (κ3) is 14.2. The molecule has 2 aromatic carbocycles. The third-order valence-electron chi connectivity index (χ3n) is 7.88. The number of unbranched alkanes of at least 4 members (excludes halogenated alkanes) is 12. The maximum Gasteiger partial charge on any atom is 0.0385 e. The molecule has 0 saturated carbocycles. The highest BCUT2D eigenvalue weighted by molar-refractivity contribution is 5.65. The van der Waals surface area contributed by atoms with Crippen LogP contribution in [0.4, 0.5) is 22.7 Å². The van der Waals surface area contributed by atoms with Crippen molar-refractivity contribution in [3.05, 3.63) is 48.5 Å². The lowest BCUT2D eigenvalue weighted by molar-refractivity contribution is 0.609. The molecule has 0 fully saturated rings. The van der Waals surface area contributed by atoms with Crippen LogP contribution in [0.15, 0.2) is 48.5 Å². The van der Waals surface area contributed by atoms with Crippen LogP contribution < -0.4 is 15.1 Å². The molecule has 2 rings (SSSR count). The minimum Gasteiger partial charge on any atom is -0.372 e. The van der Waals surface area contributed by atoms with Crippen molar-refractivity contribution in [2.75, 3.05) is 41.3 Å². The van der Waals surface area contributed by atoms with Crippen molar-refractivity contribution in [2.24, 2.45) is 0 Å². The van der Waals surface area contributed by atoms with Gasteiger partial charge in [-0.25, -0.2) is 0 Å². The first-order valence-electron chi connectivity index (χ1n) is 16.7. The van der Waals surface area contributed by atoms with Crippen molar-refractivity contribution in [1.29, 1.82) is 0 Å². The molecule has 220 valence electrons. The first kappa shape index (κ1) is 33.0. The fourth-order valence-corrected chi connectivity index (χ4v) is 5.34. The van der Waals surface area contributed by atoms with Gasteiger partial charge in [0.1, 0.15) is 0 Å². The number of nitrogens with zero attached hydrogens (tertiary/aromatic N) is 2. The summed E-state index contributed by atoms with van der Waals surface area (Å²) in [6.45, 7) is 13.9. The Morgan fingerprint density at radius 2 is 0.667 bits per heavy atom. The van der Waals surface area contributed by atoms with Crippen LogP contribution in [0.3, 0.4) is 0 Å². The zero-order valence-electron chi connectivity index (χ0n) is 26.2. The summed E-state index contributed by atoms with van der Waals surface area (Å²) in [5, 5.41) is 3.64. The predicted molar refractivity (Wildman–Crippen MR) is 177 cm³/mol. The quantitative estimate of drug-likeness (QED) is 0.135. The van der Waals surface area contributed by atoms with Gasteiger partial charge >= 0.3 is 0 Å². The molecule has 39 heavy (non-hydrogen) atoms. The van der Waals surface area contributed by atoms with Gasteiger partial charge in [0.05, 0.1) is 0 Å². The maximum absolute atomic E-state index is 3.64. The highest BCUT2D eigenvalue weighted by atomic mass is 15.1. The first-order valence-corrected chi connectivity index (χ1v) is 16.7. The second-order valence-electron chi connectivity index (χ2n) is 11.4. The molecule has 0 spiro atoms. The average Bonchev–Trinajstić information content (AvgIpc) is 2.96. The largest absolute Gasteiger partial charge is 0.372 e. The van der Waals surface area contributed by atoms with E-state index in [0.29, 0.717) is 0 Å². The van der Waals surface area contributed by atoms with Gasteiger partial charge in [0.2, 0.25) is 0 Å². The molecule has 2 aromatic rings. The van der Waals surface area contributed by atoms with Crippen molar-refractivity contribution in [1.82, 2.24) is 0 Å². The zero-order chi connectivity index (χ0) is 28.0. The summed E-state index contributed by atoms with van der Waals surface area (Å²) < 4.78 is 0. The van der Waals surface area contributed by atoms with Gasteiger partial charge in [-0.3, -0.25) is 0 Å². The number of hydrogen-bond donors (Lipinski definition) is 1. The molecule has 0 radical (unpaired) electrons. The fraction of sp³-hybridized carbons (Fsp3) is 0.667. The van der Waals surface area contributed by atoms with E-state index < -0.39 is 0 Å². The van der Waals surface area contributed by atoms with Gasteiger partial charge in [0.15, 0.2) is 0 Å². The van der Waals surface area contributed by atoms with E-state index in [1.807, 2.05) is 0 Å². The molecular weight excluding hydrogens is 474 g/mol. The Kier molecular flexibility index (Phi) is 18.3. The maximum atomic E-state index is 3.64. The lowest BCUT2D eigenvalue weighted by Gasteiger charge is -2.26. The normalized spacial score (nSPS) is 11.1. The Hall–Kier alpha value is -2.16. The highest BCUT2D eigenvalue weighted by Crippen LogP contribution is 2.25. The number of benzene rings is 2. The SMILES string of the molecule is CCCCCCN(CCCCCC)c1ccc(Nc2ccc(N(CCCCCC)CCCCCC)cc2)cc1. The van der Waals surface area contributed by atoms with E-state index in [9.17, 15) is 0 Å². The summed E-state index contributed by atoms with van der Waals surface area (Å²) in [6.07, 6.45) is 21.1. The molecule has 3 nitrogen and oxygen atoms in total. The van der Waals surface area contributed by atoms with Crippen molar-refractivity contribution < 1.29 is 0 Å². The molecule has 0 aliphatic carbocycles. The van der Waals surface area contributed by atoms with Gasteiger partial charge in [0, 0.05) is 48.9 Å². The summed E-state index contributed by atoms with van der Waals surface area (Å²) in [7, 11) is 0. The van der Waals surface area contributed by atoms with E-state index in [-0.39, 0.29) is 0 Å². The molecule has 0 amide bonds. The third-order valence-corrected chi connectivity index (χ3v) is 7.88. The molecule has 0 atom stereocenters. The number of hydrogen-bond acceptors (Lipinski definition) is 3. The van der Waals surface area contributed by atoms with Crippen LogP contribution in [-0.2, 0) is 0 Å². The summed E-state index contributed by atoms with van der Waals surface area (Å²) in [5.41, 5.74) is 5.06. The predicted octanol–water partition coefficient (Wildman–Crippen LogP) is 11.4. The van der Waals surface area contributed by atoms with Gasteiger partial charge in [-0.1, -0.05) is 105 Å². The van der Waals surface area contributed by atoms with Gasteiger partial charge < -0.3 is 15.1 Å². The van der Waals surface area contributed by atoms with Gasteiger partial charge in [0.25, 0.3) is 0 Å². The van der Waals surface area contributed by atoms with E-state index in [1.165, 1.54) is 152 Å². The van der Waals surface area contributed by atoms with E-state index in [4.69, 9.17) is 0 Å². The second-order valence-corrected chi connectivity index (χ2v) is 11.4. The molecule has 0 aromatic heterocycles. The van der Waals surface area contributed by atoms with Gasteiger partial charge in [-0.15, -0.1) is 0 Å². The minimum absolute atomic E-state index is 1.17. The highest BCUT2D eigenvalue weighted by Gasteiger charge is 2.09. The van der Waals surface area contributed by atoms with Crippen LogP contribution in [0.5, 0.6) is 0 Å². The number of nitrogens with one attached hydrogen (secondary N) is 1. The minimum atomic E-state index is 1.17. The van der Waals surface area contributed by atoms with Crippen LogP contribution in [0.25, 0.3) is 0 Å². The van der Waals surface area contributed by atoms with Crippen LogP contribution in [-0.4, -0.2) is 26.2 Å². The molecule has 0 aliphatic heterocycles. The molecule has 0 bridgehead atoms. The Bertz CT molecular complexity index is 721. The molecular formula is C36H61N3. The summed E-state index contributed by atoms with van der Waals surface area (Å²) in [6, 6.07) is 18.2. The summed E-state index contributed by atoms with van der Waals surface area (Å²) in [4.78, 5) is 5.22. The Morgan fingerprint density at radius 3 is 0.923 bits per heavy atom.